The van der Waals surface area contributed by atoms with Crippen LogP contribution in [0.4, 0.5) is 0 Å². The summed E-state index contributed by atoms with van der Waals surface area (Å²) >= 11 is 0. The molecule has 4 heteroatoms. The summed E-state index contributed by atoms with van der Waals surface area (Å²) in [4.78, 5) is 11.4. The molecular weight excluding hydrogens is 180 g/mol. The van der Waals surface area contributed by atoms with Gasteiger partial charge in [0.15, 0.2) is 0 Å². The molecule has 1 amide bonds. The van der Waals surface area contributed by atoms with Gasteiger partial charge in [-0.25, -0.2) is 0 Å². The molecule has 84 valence electrons. The molecule has 0 saturated carbocycles. The van der Waals surface area contributed by atoms with Gasteiger partial charge in [-0.1, -0.05) is 13.8 Å². The fraction of sp³-hybridized carbons (Fsp3) is 0.900. The molecule has 2 unspecified atom stereocenters. The summed E-state index contributed by atoms with van der Waals surface area (Å²) in [6.45, 7) is 8.88. The molecule has 0 rings (SSSR count). The maximum atomic E-state index is 11.4. The van der Waals surface area contributed by atoms with Crippen LogP contribution in [0.1, 0.15) is 27.7 Å². The van der Waals surface area contributed by atoms with Gasteiger partial charge < -0.3 is 15.8 Å². The maximum absolute atomic E-state index is 11.4. The van der Waals surface area contributed by atoms with Crippen molar-refractivity contribution < 1.29 is 9.53 Å². The molecule has 0 saturated heterocycles. The highest BCUT2D eigenvalue weighted by Crippen LogP contribution is 1.98. The van der Waals surface area contributed by atoms with E-state index < -0.39 is 6.04 Å². The normalized spacial score (nSPS) is 15.3. The zero-order chi connectivity index (χ0) is 11.1. The SMILES string of the molecule is CCOC(C)CNC(=O)C(N)C(C)C. The summed E-state index contributed by atoms with van der Waals surface area (Å²) in [6.07, 6.45) is 0.0447. The van der Waals surface area contributed by atoms with Crippen LogP contribution in [0.15, 0.2) is 0 Å². The third kappa shape index (κ3) is 5.19. The van der Waals surface area contributed by atoms with E-state index in [0.29, 0.717) is 13.2 Å². The minimum absolute atomic E-state index is 0.0447. The minimum atomic E-state index is -0.427. The third-order valence-corrected chi connectivity index (χ3v) is 2.04. The zero-order valence-corrected chi connectivity index (χ0v) is 9.54. The molecule has 0 aliphatic rings. The van der Waals surface area contributed by atoms with Crippen LogP contribution < -0.4 is 11.1 Å². The van der Waals surface area contributed by atoms with Crippen molar-refractivity contribution in [1.82, 2.24) is 5.32 Å². The van der Waals surface area contributed by atoms with E-state index in [1.165, 1.54) is 0 Å². The van der Waals surface area contributed by atoms with Gasteiger partial charge in [0.1, 0.15) is 0 Å². The van der Waals surface area contributed by atoms with Gasteiger partial charge in [-0.05, 0) is 19.8 Å². The first-order valence-corrected chi connectivity index (χ1v) is 5.13. The monoisotopic (exact) mass is 202 g/mol. The number of carbonyl (C=O) groups is 1. The van der Waals surface area contributed by atoms with Crippen molar-refractivity contribution in [3.05, 3.63) is 0 Å². The highest BCUT2D eigenvalue weighted by molar-refractivity contribution is 5.81. The number of rotatable bonds is 6. The Morgan fingerprint density at radius 1 is 1.43 bits per heavy atom. The van der Waals surface area contributed by atoms with Crippen molar-refractivity contribution in [3.63, 3.8) is 0 Å². The van der Waals surface area contributed by atoms with Crippen molar-refractivity contribution in [2.45, 2.75) is 39.8 Å². The van der Waals surface area contributed by atoms with E-state index in [0.717, 1.165) is 0 Å². The molecule has 0 aliphatic heterocycles. The summed E-state index contributed by atoms with van der Waals surface area (Å²) in [5.41, 5.74) is 5.67. The number of ether oxygens (including phenoxy) is 1. The van der Waals surface area contributed by atoms with E-state index in [2.05, 4.69) is 5.32 Å². The highest BCUT2D eigenvalue weighted by Gasteiger charge is 2.17. The van der Waals surface area contributed by atoms with E-state index >= 15 is 0 Å². The largest absolute Gasteiger partial charge is 0.377 e. The summed E-state index contributed by atoms with van der Waals surface area (Å²) in [6, 6.07) is -0.427. The molecular formula is C10H22N2O2. The van der Waals surface area contributed by atoms with Crippen LogP contribution in [0.3, 0.4) is 0 Å². The first-order chi connectivity index (χ1) is 6.49. The number of carbonyl (C=O) groups excluding carboxylic acids is 1. The number of hydrogen-bond donors (Lipinski definition) is 2. The third-order valence-electron chi connectivity index (χ3n) is 2.04. The second kappa shape index (κ2) is 6.79. The smallest absolute Gasteiger partial charge is 0.237 e. The van der Waals surface area contributed by atoms with Crippen LogP contribution in [0.5, 0.6) is 0 Å². The van der Waals surface area contributed by atoms with E-state index in [4.69, 9.17) is 10.5 Å². The Kier molecular flexibility index (Phi) is 6.49. The average molecular weight is 202 g/mol. The molecule has 0 radical (unpaired) electrons. The number of nitrogens with one attached hydrogen (secondary N) is 1. The molecule has 0 bridgehead atoms. The topological polar surface area (TPSA) is 64.3 Å². The summed E-state index contributed by atoms with van der Waals surface area (Å²) in [5, 5.41) is 2.76. The molecule has 0 aliphatic carbocycles. The van der Waals surface area contributed by atoms with Gasteiger partial charge in [-0.15, -0.1) is 0 Å². The van der Waals surface area contributed by atoms with Crippen molar-refractivity contribution in [3.8, 4) is 0 Å². The summed E-state index contributed by atoms with van der Waals surface area (Å²) in [5.74, 6) is 0.0592. The van der Waals surface area contributed by atoms with Gasteiger partial charge in [0.05, 0.1) is 12.1 Å². The maximum Gasteiger partial charge on any atom is 0.237 e. The van der Waals surface area contributed by atoms with Crippen molar-refractivity contribution >= 4 is 5.91 Å². The Morgan fingerprint density at radius 2 is 2.00 bits per heavy atom. The minimum Gasteiger partial charge on any atom is -0.377 e. The lowest BCUT2D eigenvalue weighted by atomic mass is 10.1. The number of amides is 1. The Labute approximate surface area is 86.2 Å². The first kappa shape index (κ1) is 13.4. The number of nitrogens with two attached hydrogens (primary N) is 1. The fourth-order valence-corrected chi connectivity index (χ4v) is 1.01. The number of hydrogen-bond acceptors (Lipinski definition) is 3. The van der Waals surface area contributed by atoms with Crippen LogP contribution in [-0.2, 0) is 9.53 Å². The van der Waals surface area contributed by atoms with Crippen LogP contribution in [0, 0.1) is 5.92 Å². The second-order valence-corrected chi connectivity index (χ2v) is 3.78. The lowest BCUT2D eigenvalue weighted by molar-refractivity contribution is -0.123. The van der Waals surface area contributed by atoms with Gasteiger partial charge in [0.25, 0.3) is 0 Å². The molecule has 0 aromatic carbocycles. The predicted octanol–water partition coefficient (Wildman–Crippen LogP) is 0.511. The lowest BCUT2D eigenvalue weighted by Gasteiger charge is -2.17. The lowest BCUT2D eigenvalue weighted by Crippen LogP contribution is -2.46. The zero-order valence-electron chi connectivity index (χ0n) is 9.54. The molecule has 0 aromatic heterocycles. The van der Waals surface area contributed by atoms with Crippen LogP contribution >= 0.6 is 0 Å². The van der Waals surface area contributed by atoms with Crippen molar-refractivity contribution in [2.24, 2.45) is 11.7 Å². The van der Waals surface area contributed by atoms with Gasteiger partial charge in [0, 0.05) is 13.2 Å². The van der Waals surface area contributed by atoms with Crippen molar-refractivity contribution in [2.75, 3.05) is 13.2 Å². The van der Waals surface area contributed by atoms with E-state index in [9.17, 15) is 4.79 Å². The van der Waals surface area contributed by atoms with Crippen LogP contribution in [0.25, 0.3) is 0 Å². The van der Waals surface area contributed by atoms with Gasteiger partial charge >= 0.3 is 0 Å². The Morgan fingerprint density at radius 3 is 2.43 bits per heavy atom. The molecule has 3 N–H and O–H groups in total. The van der Waals surface area contributed by atoms with E-state index in [-0.39, 0.29) is 17.9 Å². The average Bonchev–Trinajstić information content (AvgIpc) is 2.13. The molecule has 0 aromatic rings. The van der Waals surface area contributed by atoms with Crippen LogP contribution in [-0.4, -0.2) is 31.2 Å². The summed E-state index contributed by atoms with van der Waals surface area (Å²) < 4.78 is 5.28. The van der Waals surface area contributed by atoms with E-state index in [1.807, 2.05) is 27.7 Å². The van der Waals surface area contributed by atoms with Gasteiger partial charge in [-0.3, -0.25) is 4.79 Å². The first-order valence-electron chi connectivity index (χ1n) is 5.13. The molecule has 14 heavy (non-hydrogen) atoms. The van der Waals surface area contributed by atoms with Crippen LogP contribution in [0.2, 0.25) is 0 Å². The fourth-order valence-electron chi connectivity index (χ4n) is 1.01. The van der Waals surface area contributed by atoms with Crippen molar-refractivity contribution in [1.29, 1.82) is 0 Å². The molecule has 2 atom stereocenters. The standard InChI is InChI=1S/C10H22N2O2/c1-5-14-8(4)6-12-10(13)9(11)7(2)3/h7-9H,5-6,11H2,1-4H3,(H,12,13). The van der Waals surface area contributed by atoms with Gasteiger partial charge in [0.2, 0.25) is 5.91 Å². The summed E-state index contributed by atoms with van der Waals surface area (Å²) in [7, 11) is 0. The highest BCUT2D eigenvalue weighted by atomic mass is 16.5. The molecule has 0 spiro atoms. The Balaban J connectivity index is 3.73. The predicted molar refractivity (Wildman–Crippen MR) is 56.9 cm³/mol. The second-order valence-electron chi connectivity index (χ2n) is 3.78. The molecule has 0 heterocycles. The Bertz CT molecular complexity index is 172. The van der Waals surface area contributed by atoms with Gasteiger partial charge in [-0.2, -0.15) is 0 Å². The quantitative estimate of drug-likeness (QED) is 0.659. The molecule has 0 fully saturated rings. The molecule has 4 nitrogen and oxygen atoms in total. The Hall–Kier alpha value is -0.610. The van der Waals surface area contributed by atoms with E-state index in [1.54, 1.807) is 0 Å².